The van der Waals surface area contributed by atoms with Crippen LogP contribution in [0.15, 0.2) is 34.2 Å². The highest BCUT2D eigenvalue weighted by atomic mass is 35.5. The molecule has 0 saturated heterocycles. The molecule has 108 valence electrons. The van der Waals surface area contributed by atoms with Crippen molar-refractivity contribution in [1.82, 2.24) is 14.8 Å². The summed E-state index contributed by atoms with van der Waals surface area (Å²) in [5, 5.41) is 7.81. The van der Waals surface area contributed by atoms with Gasteiger partial charge in [-0.25, -0.2) is 9.89 Å². The van der Waals surface area contributed by atoms with E-state index in [9.17, 15) is 4.79 Å². The molecule has 7 heteroatoms. The Hall–Kier alpha value is -1.24. The number of aromatic amines is 1. The summed E-state index contributed by atoms with van der Waals surface area (Å²) in [5.41, 5.74) is 6.90. The maximum atomic E-state index is 11.6. The Bertz CT molecular complexity index is 637. The van der Waals surface area contributed by atoms with Crippen LogP contribution in [0, 0.1) is 0 Å². The van der Waals surface area contributed by atoms with Crippen LogP contribution in [0.4, 0.5) is 0 Å². The molecule has 0 radical (unpaired) electrons. The molecule has 2 aromatic rings. The quantitative estimate of drug-likeness (QED) is 0.831. The predicted octanol–water partition coefficient (Wildman–Crippen LogP) is 2.43. The van der Waals surface area contributed by atoms with Gasteiger partial charge in [0.15, 0.2) is 5.16 Å². The fourth-order valence-corrected chi connectivity index (χ4v) is 3.31. The SMILES string of the molecule is CCn1c(SC(c2cccc(Cl)c2)C(C)N)n[nH]c1=O. The van der Waals surface area contributed by atoms with Gasteiger partial charge in [-0.15, -0.1) is 5.10 Å². The van der Waals surface area contributed by atoms with Crippen molar-refractivity contribution in [3.05, 3.63) is 45.3 Å². The number of thioether (sulfide) groups is 1. The summed E-state index contributed by atoms with van der Waals surface area (Å²) in [7, 11) is 0. The molecule has 0 aliphatic carbocycles. The van der Waals surface area contributed by atoms with Crippen molar-refractivity contribution in [2.75, 3.05) is 0 Å². The summed E-state index contributed by atoms with van der Waals surface area (Å²) in [6.45, 7) is 4.40. The van der Waals surface area contributed by atoms with Crippen molar-refractivity contribution in [3.8, 4) is 0 Å². The van der Waals surface area contributed by atoms with Crippen LogP contribution in [0.2, 0.25) is 5.02 Å². The van der Waals surface area contributed by atoms with Gasteiger partial charge in [0.1, 0.15) is 0 Å². The lowest BCUT2D eigenvalue weighted by atomic mass is 10.1. The van der Waals surface area contributed by atoms with Crippen molar-refractivity contribution in [2.24, 2.45) is 5.73 Å². The average Bonchev–Trinajstić information content (AvgIpc) is 2.75. The zero-order valence-corrected chi connectivity index (χ0v) is 12.9. The Morgan fingerprint density at radius 1 is 1.55 bits per heavy atom. The first kappa shape index (κ1) is 15.2. The molecule has 5 nitrogen and oxygen atoms in total. The minimum Gasteiger partial charge on any atom is -0.327 e. The molecule has 2 atom stereocenters. The number of aromatic nitrogens is 3. The normalized spacial score (nSPS) is 14.2. The van der Waals surface area contributed by atoms with Crippen LogP contribution in [0.1, 0.15) is 24.7 Å². The van der Waals surface area contributed by atoms with Crippen LogP contribution in [0.5, 0.6) is 0 Å². The first-order valence-electron chi connectivity index (χ1n) is 6.35. The number of rotatable bonds is 5. The fourth-order valence-electron chi connectivity index (χ4n) is 1.95. The second-order valence-corrected chi connectivity index (χ2v) is 6.05. The van der Waals surface area contributed by atoms with Crippen molar-refractivity contribution < 1.29 is 0 Å². The van der Waals surface area contributed by atoms with Gasteiger partial charge in [-0.3, -0.25) is 4.57 Å². The fraction of sp³-hybridized carbons (Fsp3) is 0.385. The first-order valence-corrected chi connectivity index (χ1v) is 7.61. The Kier molecular flexibility index (Phi) is 4.91. The third kappa shape index (κ3) is 3.26. The lowest BCUT2D eigenvalue weighted by Gasteiger charge is -2.20. The smallest absolute Gasteiger partial charge is 0.327 e. The van der Waals surface area contributed by atoms with Crippen molar-refractivity contribution in [3.63, 3.8) is 0 Å². The number of benzene rings is 1. The molecule has 1 aromatic carbocycles. The lowest BCUT2D eigenvalue weighted by Crippen LogP contribution is -2.23. The summed E-state index contributed by atoms with van der Waals surface area (Å²) in [6.07, 6.45) is 0. The van der Waals surface area contributed by atoms with E-state index in [1.165, 1.54) is 11.8 Å². The van der Waals surface area contributed by atoms with Crippen LogP contribution >= 0.6 is 23.4 Å². The largest absolute Gasteiger partial charge is 0.343 e. The maximum absolute atomic E-state index is 11.6. The third-order valence-electron chi connectivity index (χ3n) is 2.93. The molecular formula is C13H17ClN4OS. The van der Waals surface area contributed by atoms with Crippen LogP contribution in [-0.2, 0) is 6.54 Å². The molecule has 0 aliphatic rings. The van der Waals surface area contributed by atoms with Gasteiger partial charge in [0.25, 0.3) is 0 Å². The monoisotopic (exact) mass is 312 g/mol. The van der Waals surface area contributed by atoms with E-state index in [4.69, 9.17) is 17.3 Å². The van der Waals surface area contributed by atoms with Crippen LogP contribution in [0.3, 0.4) is 0 Å². The molecule has 1 aromatic heterocycles. The molecule has 0 amide bonds. The highest BCUT2D eigenvalue weighted by molar-refractivity contribution is 7.99. The van der Waals surface area contributed by atoms with Crippen molar-refractivity contribution >= 4 is 23.4 Å². The van der Waals surface area contributed by atoms with Gasteiger partial charge in [0.2, 0.25) is 0 Å². The van der Waals surface area contributed by atoms with Crippen molar-refractivity contribution in [1.29, 1.82) is 0 Å². The molecule has 3 N–H and O–H groups in total. The second-order valence-electron chi connectivity index (χ2n) is 4.51. The molecule has 0 bridgehead atoms. The van der Waals surface area contributed by atoms with Gasteiger partial charge in [-0.2, -0.15) is 0 Å². The zero-order chi connectivity index (χ0) is 14.7. The molecular weight excluding hydrogens is 296 g/mol. The van der Waals surface area contributed by atoms with Gasteiger partial charge < -0.3 is 5.73 Å². The topological polar surface area (TPSA) is 76.7 Å². The predicted molar refractivity (Wildman–Crippen MR) is 82.2 cm³/mol. The van der Waals surface area contributed by atoms with Gasteiger partial charge in [0, 0.05) is 17.6 Å². The molecule has 2 unspecified atom stereocenters. The molecule has 0 saturated carbocycles. The standard InChI is InChI=1S/C13H17ClN4OS/c1-3-18-12(19)16-17-13(18)20-11(8(2)15)9-5-4-6-10(14)7-9/h4-8,11H,3,15H2,1-2H3,(H,16,19). The summed E-state index contributed by atoms with van der Waals surface area (Å²) < 4.78 is 1.59. The Morgan fingerprint density at radius 2 is 2.30 bits per heavy atom. The highest BCUT2D eigenvalue weighted by Crippen LogP contribution is 2.36. The van der Waals surface area contributed by atoms with Crippen LogP contribution in [-0.4, -0.2) is 20.8 Å². The average molecular weight is 313 g/mol. The van der Waals surface area contributed by atoms with E-state index >= 15 is 0 Å². The van der Waals surface area contributed by atoms with E-state index < -0.39 is 0 Å². The van der Waals surface area contributed by atoms with Gasteiger partial charge in [-0.1, -0.05) is 35.5 Å². The van der Waals surface area contributed by atoms with Crippen LogP contribution in [0.25, 0.3) is 0 Å². The minimum atomic E-state index is -0.204. The number of hydrogen-bond donors (Lipinski definition) is 2. The third-order valence-corrected chi connectivity index (χ3v) is 4.64. The summed E-state index contributed by atoms with van der Waals surface area (Å²) >= 11 is 7.50. The van der Waals surface area contributed by atoms with E-state index in [-0.39, 0.29) is 17.0 Å². The molecule has 2 rings (SSSR count). The lowest BCUT2D eigenvalue weighted by molar-refractivity contribution is 0.652. The van der Waals surface area contributed by atoms with E-state index in [0.717, 1.165) is 5.56 Å². The van der Waals surface area contributed by atoms with E-state index in [2.05, 4.69) is 10.2 Å². The zero-order valence-electron chi connectivity index (χ0n) is 11.3. The number of H-pyrrole nitrogens is 1. The van der Waals surface area contributed by atoms with E-state index in [0.29, 0.717) is 16.7 Å². The molecule has 1 heterocycles. The Morgan fingerprint density at radius 3 is 2.90 bits per heavy atom. The first-order chi connectivity index (χ1) is 9.52. The summed E-state index contributed by atoms with van der Waals surface area (Å²) in [5.74, 6) is 0. The number of nitrogens with two attached hydrogens (primary N) is 1. The molecule has 0 spiro atoms. The number of halogens is 1. The summed E-state index contributed by atoms with van der Waals surface area (Å²) in [6, 6.07) is 7.49. The number of hydrogen-bond acceptors (Lipinski definition) is 4. The Balaban J connectivity index is 2.33. The van der Waals surface area contributed by atoms with E-state index in [1.54, 1.807) is 4.57 Å². The summed E-state index contributed by atoms with van der Waals surface area (Å²) in [4.78, 5) is 11.6. The van der Waals surface area contributed by atoms with Crippen LogP contribution < -0.4 is 11.4 Å². The second kappa shape index (κ2) is 6.47. The number of nitrogens with zero attached hydrogens (tertiary/aromatic N) is 2. The molecule has 0 aliphatic heterocycles. The van der Waals surface area contributed by atoms with Crippen molar-refractivity contribution in [2.45, 2.75) is 36.8 Å². The van der Waals surface area contributed by atoms with E-state index in [1.807, 2.05) is 38.1 Å². The minimum absolute atomic E-state index is 0.0193. The molecule has 20 heavy (non-hydrogen) atoms. The number of nitrogens with one attached hydrogen (secondary N) is 1. The molecule has 0 fully saturated rings. The highest BCUT2D eigenvalue weighted by Gasteiger charge is 2.21. The van der Waals surface area contributed by atoms with Gasteiger partial charge in [0.05, 0.1) is 5.25 Å². The van der Waals surface area contributed by atoms with Gasteiger partial charge >= 0.3 is 5.69 Å². The maximum Gasteiger partial charge on any atom is 0.343 e. The van der Waals surface area contributed by atoms with Gasteiger partial charge in [-0.05, 0) is 31.5 Å². The Labute approximate surface area is 126 Å².